The first kappa shape index (κ1) is 18.1. The summed E-state index contributed by atoms with van der Waals surface area (Å²) in [6.07, 6.45) is 3.77. The van der Waals surface area contributed by atoms with E-state index >= 15 is 0 Å². The van der Waals surface area contributed by atoms with Crippen LogP contribution in [-0.2, 0) is 13.1 Å². The van der Waals surface area contributed by atoms with Crippen molar-refractivity contribution in [1.82, 2.24) is 14.7 Å². The lowest BCUT2D eigenvalue weighted by Gasteiger charge is -2.27. The molecule has 1 fully saturated rings. The van der Waals surface area contributed by atoms with Crippen LogP contribution in [0.25, 0.3) is 0 Å². The van der Waals surface area contributed by atoms with Gasteiger partial charge in [0.2, 0.25) is 0 Å². The quantitative estimate of drug-likeness (QED) is 0.448. The normalized spacial score (nSPS) is 15.3. The van der Waals surface area contributed by atoms with Gasteiger partial charge < -0.3 is 10.6 Å². The molecule has 5 nitrogen and oxygen atoms in total. The summed E-state index contributed by atoms with van der Waals surface area (Å²) >= 11 is 1.97. The summed E-state index contributed by atoms with van der Waals surface area (Å²) in [5, 5.41) is 4.27. The number of thioether (sulfide) groups is 1. The average molecular weight is 443 g/mol. The van der Waals surface area contributed by atoms with Crippen molar-refractivity contribution in [3.63, 3.8) is 0 Å². The predicted octanol–water partition coefficient (Wildman–Crippen LogP) is 2.41. The van der Waals surface area contributed by atoms with Gasteiger partial charge in [0.25, 0.3) is 0 Å². The van der Waals surface area contributed by atoms with E-state index in [1.165, 1.54) is 11.1 Å². The summed E-state index contributed by atoms with van der Waals surface area (Å²) in [6, 6.07) is 10.3. The molecule has 124 valence electrons. The number of rotatable bonds is 4. The number of nitrogens with zero attached hydrogens (tertiary/aromatic N) is 4. The first-order chi connectivity index (χ1) is 10.8. The second-order valence-electron chi connectivity index (χ2n) is 5.25. The molecule has 0 spiro atoms. The molecule has 1 aliphatic rings. The highest BCUT2D eigenvalue weighted by atomic mass is 127. The van der Waals surface area contributed by atoms with Crippen molar-refractivity contribution in [3.8, 4) is 0 Å². The molecule has 1 saturated heterocycles. The van der Waals surface area contributed by atoms with Gasteiger partial charge in [0, 0.05) is 37.0 Å². The largest absolute Gasteiger partial charge is 0.370 e. The highest BCUT2D eigenvalue weighted by Crippen LogP contribution is 2.13. The number of halogens is 1. The van der Waals surface area contributed by atoms with E-state index in [4.69, 9.17) is 5.73 Å². The summed E-state index contributed by atoms with van der Waals surface area (Å²) in [4.78, 5) is 6.76. The minimum atomic E-state index is 0. The number of benzene rings is 1. The Morgan fingerprint density at radius 1 is 1.17 bits per heavy atom. The summed E-state index contributed by atoms with van der Waals surface area (Å²) in [6.45, 7) is 3.37. The molecule has 1 aromatic heterocycles. The second kappa shape index (κ2) is 9.17. The van der Waals surface area contributed by atoms with Crippen molar-refractivity contribution in [3.05, 3.63) is 53.9 Å². The van der Waals surface area contributed by atoms with Gasteiger partial charge >= 0.3 is 0 Å². The van der Waals surface area contributed by atoms with Gasteiger partial charge in [-0.3, -0.25) is 4.68 Å². The Hall–Kier alpha value is -1.22. The lowest BCUT2D eigenvalue weighted by molar-refractivity contribution is 0.455. The van der Waals surface area contributed by atoms with Gasteiger partial charge in [0.15, 0.2) is 5.96 Å². The Kier molecular flexibility index (Phi) is 7.22. The minimum absolute atomic E-state index is 0. The predicted molar refractivity (Wildman–Crippen MR) is 107 cm³/mol. The monoisotopic (exact) mass is 443 g/mol. The Morgan fingerprint density at radius 3 is 2.61 bits per heavy atom. The molecule has 2 aromatic rings. The van der Waals surface area contributed by atoms with Crippen LogP contribution in [0.3, 0.4) is 0 Å². The Morgan fingerprint density at radius 2 is 1.91 bits per heavy atom. The molecule has 1 aromatic carbocycles. The lowest BCUT2D eigenvalue weighted by Crippen LogP contribution is -2.42. The first-order valence-electron chi connectivity index (χ1n) is 7.50. The van der Waals surface area contributed by atoms with Gasteiger partial charge in [-0.1, -0.05) is 24.3 Å². The zero-order valence-corrected chi connectivity index (χ0v) is 16.1. The Labute approximate surface area is 158 Å². The van der Waals surface area contributed by atoms with E-state index in [0.717, 1.165) is 31.1 Å². The fourth-order valence-corrected chi connectivity index (χ4v) is 3.40. The maximum Gasteiger partial charge on any atom is 0.191 e. The number of aliphatic imine (C=N–C) groups is 1. The number of guanidine groups is 1. The van der Waals surface area contributed by atoms with Gasteiger partial charge in [0.05, 0.1) is 13.1 Å². The molecule has 2 heterocycles. The number of hydrogen-bond donors (Lipinski definition) is 1. The molecule has 0 unspecified atom stereocenters. The van der Waals surface area contributed by atoms with Crippen LogP contribution in [0.2, 0.25) is 0 Å². The van der Waals surface area contributed by atoms with E-state index in [0.29, 0.717) is 12.5 Å². The van der Waals surface area contributed by atoms with Crippen LogP contribution in [0.1, 0.15) is 11.1 Å². The molecule has 0 atom stereocenters. The zero-order valence-electron chi connectivity index (χ0n) is 13.0. The summed E-state index contributed by atoms with van der Waals surface area (Å²) < 4.78 is 1.92. The van der Waals surface area contributed by atoms with Gasteiger partial charge in [-0.05, 0) is 17.2 Å². The highest BCUT2D eigenvalue weighted by molar-refractivity contribution is 14.0. The maximum absolute atomic E-state index is 6.13. The third-order valence-electron chi connectivity index (χ3n) is 3.76. The van der Waals surface area contributed by atoms with Gasteiger partial charge in [-0.2, -0.15) is 16.9 Å². The van der Waals surface area contributed by atoms with Crippen molar-refractivity contribution >= 4 is 41.7 Å². The third kappa shape index (κ3) is 5.13. The van der Waals surface area contributed by atoms with Crippen LogP contribution in [0.4, 0.5) is 0 Å². The average Bonchev–Trinajstić information content (AvgIpc) is 3.07. The van der Waals surface area contributed by atoms with Crippen LogP contribution < -0.4 is 5.73 Å². The van der Waals surface area contributed by atoms with Gasteiger partial charge in [0.1, 0.15) is 0 Å². The molecular weight excluding hydrogens is 421 g/mol. The van der Waals surface area contributed by atoms with E-state index in [2.05, 4.69) is 33.2 Å². The highest BCUT2D eigenvalue weighted by Gasteiger charge is 2.12. The van der Waals surface area contributed by atoms with Crippen LogP contribution >= 0.6 is 35.7 Å². The van der Waals surface area contributed by atoms with Gasteiger partial charge in [-0.25, -0.2) is 4.99 Å². The molecule has 0 bridgehead atoms. The third-order valence-corrected chi connectivity index (χ3v) is 4.70. The van der Waals surface area contributed by atoms with Crippen LogP contribution in [0.5, 0.6) is 0 Å². The fourth-order valence-electron chi connectivity index (χ4n) is 2.49. The molecule has 23 heavy (non-hydrogen) atoms. The van der Waals surface area contributed by atoms with Crippen molar-refractivity contribution in [2.45, 2.75) is 13.1 Å². The molecule has 0 radical (unpaired) electrons. The Bertz CT molecular complexity index is 623. The maximum atomic E-state index is 6.13. The Balaban J connectivity index is 0.00000192. The van der Waals surface area contributed by atoms with Crippen LogP contribution in [-0.4, -0.2) is 45.2 Å². The van der Waals surface area contributed by atoms with Crippen molar-refractivity contribution in [2.75, 3.05) is 24.6 Å². The molecule has 3 rings (SSSR count). The van der Waals surface area contributed by atoms with Gasteiger partial charge in [-0.15, -0.1) is 24.0 Å². The number of aromatic nitrogens is 2. The molecule has 1 aliphatic heterocycles. The smallest absolute Gasteiger partial charge is 0.191 e. The summed E-state index contributed by atoms with van der Waals surface area (Å²) in [7, 11) is 0. The zero-order chi connectivity index (χ0) is 15.2. The van der Waals surface area contributed by atoms with Crippen molar-refractivity contribution in [1.29, 1.82) is 0 Å². The van der Waals surface area contributed by atoms with E-state index < -0.39 is 0 Å². The van der Waals surface area contributed by atoms with E-state index in [-0.39, 0.29) is 24.0 Å². The molecular formula is C16H22IN5S. The molecule has 0 aliphatic carbocycles. The number of hydrogen-bond acceptors (Lipinski definition) is 3. The van der Waals surface area contributed by atoms with Crippen molar-refractivity contribution in [2.24, 2.45) is 10.7 Å². The standard InChI is InChI=1S/C16H21N5S.HI/c17-16(20-8-10-22-11-9-20)18-12-14-4-1-2-5-15(14)13-21-7-3-6-19-21;/h1-7H,8-13H2,(H2,17,18);1H. The summed E-state index contributed by atoms with van der Waals surface area (Å²) in [5.41, 5.74) is 8.57. The van der Waals surface area contributed by atoms with Crippen LogP contribution in [0.15, 0.2) is 47.7 Å². The van der Waals surface area contributed by atoms with Crippen molar-refractivity contribution < 1.29 is 0 Å². The molecule has 0 saturated carbocycles. The second-order valence-corrected chi connectivity index (χ2v) is 6.47. The fraction of sp³-hybridized carbons (Fsp3) is 0.375. The van der Waals surface area contributed by atoms with E-state index in [1.807, 2.05) is 34.8 Å². The first-order valence-corrected chi connectivity index (χ1v) is 8.65. The van der Waals surface area contributed by atoms with Crippen LogP contribution in [0, 0.1) is 0 Å². The molecule has 2 N–H and O–H groups in total. The summed E-state index contributed by atoms with van der Waals surface area (Å²) in [5.74, 6) is 2.92. The molecule has 7 heteroatoms. The number of nitrogens with two attached hydrogens (primary N) is 1. The topological polar surface area (TPSA) is 59.4 Å². The minimum Gasteiger partial charge on any atom is -0.370 e. The SMILES string of the molecule is I.NC(=NCc1ccccc1Cn1cccn1)N1CCSCC1. The van der Waals surface area contributed by atoms with E-state index in [9.17, 15) is 0 Å². The van der Waals surface area contributed by atoms with E-state index in [1.54, 1.807) is 6.20 Å². The lowest BCUT2D eigenvalue weighted by atomic mass is 10.1. The molecule has 0 amide bonds.